The number of nitrogens with zero attached hydrogens (tertiary/aromatic N) is 1. The summed E-state index contributed by atoms with van der Waals surface area (Å²) < 4.78 is 7.41. The first-order valence-electron chi connectivity index (χ1n) is 8.19. The van der Waals surface area contributed by atoms with E-state index >= 15 is 0 Å². The number of rotatable bonds is 7. The van der Waals surface area contributed by atoms with Gasteiger partial charge in [0.05, 0.1) is 22.9 Å². The number of fused-ring (bicyclic) bond motifs is 1. The zero-order valence-electron chi connectivity index (χ0n) is 14.2. The van der Waals surface area contributed by atoms with E-state index in [2.05, 4.69) is 17.2 Å². The fourth-order valence-electron chi connectivity index (χ4n) is 2.38. The second-order valence-corrected chi connectivity index (χ2v) is 7.89. The molecule has 0 aliphatic rings. The monoisotopic (exact) mass is 372 g/mol. The normalized spacial score (nSPS) is 10.8. The van der Waals surface area contributed by atoms with Gasteiger partial charge in [-0.1, -0.05) is 37.2 Å². The van der Waals surface area contributed by atoms with Gasteiger partial charge in [-0.15, -0.1) is 11.3 Å². The molecule has 4 nitrogen and oxygen atoms in total. The third-order valence-corrected chi connectivity index (χ3v) is 5.95. The molecule has 25 heavy (non-hydrogen) atoms. The van der Waals surface area contributed by atoms with Crippen molar-refractivity contribution in [2.24, 2.45) is 0 Å². The van der Waals surface area contributed by atoms with E-state index in [0.717, 1.165) is 26.0 Å². The maximum atomic E-state index is 12.5. The van der Waals surface area contributed by atoms with Gasteiger partial charge >= 0.3 is 0 Å². The molecule has 3 aromatic rings. The van der Waals surface area contributed by atoms with Gasteiger partial charge in [-0.05, 0) is 36.8 Å². The van der Waals surface area contributed by atoms with Gasteiger partial charge in [0.1, 0.15) is 5.75 Å². The van der Waals surface area contributed by atoms with E-state index in [-0.39, 0.29) is 5.91 Å². The highest BCUT2D eigenvalue weighted by molar-refractivity contribution is 8.01. The molecule has 0 spiro atoms. The molecule has 0 radical (unpaired) electrons. The van der Waals surface area contributed by atoms with Crippen molar-refractivity contribution in [2.45, 2.75) is 24.1 Å². The highest BCUT2D eigenvalue weighted by atomic mass is 32.2. The molecule has 0 unspecified atom stereocenters. The van der Waals surface area contributed by atoms with Crippen molar-refractivity contribution in [3.8, 4) is 5.75 Å². The number of thiazole rings is 1. The summed E-state index contributed by atoms with van der Waals surface area (Å²) in [4.78, 5) is 17.1. The van der Waals surface area contributed by atoms with Crippen LogP contribution < -0.4 is 10.1 Å². The standard InChI is InChI=1S/C19H20N2O2S2/c1-3-4-11-24-19-21-15-10-9-13(12-17(15)25-19)20-18(22)14-7-5-6-8-16(14)23-2/h5-10,12H,3-4,11H2,1-2H3,(H,20,22). The molecule has 0 aliphatic heterocycles. The van der Waals surface area contributed by atoms with Crippen LogP contribution in [0.15, 0.2) is 46.8 Å². The van der Waals surface area contributed by atoms with Crippen LogP contribution in [0.2, 0.25) is 0 Å². The van der Waals surface area contributed by atoms with Crippen LogP contribution in [0.5, 0.6) is 5.75 Å². The Labute approximate surface area is 155 Å². The number of thioether (sulfide) groups is 1. The second-order valence-electron chi connectivity index (χ2n) is 5.52. The number of ether oxygens (including phenoxy) is 1. The van der Waals surface area contributed by atoms with Crippen LogP contribution in [0.3, 0.4) is 0 Å². The number of methoxy groups -OCH3 is 1. The van der Waals surface area contributed by atoms with Gasteiger partial charge in [0.2, 0.25) is 0 Å². The topological polar surface area (TPSA) is 51.2 Å². The minimum Gasteiger partial charge on any atom is -0.496 e. The Morgan fingerprint density at radius 2 is 2.12 bits per heavy atom. The van der Waals surface area contributed by atoms with E-state index in [1.165, 1.54) is 12.8 Å². The smallest absolute Gasteiger partial charge is 0.259 e. The summed E-state index contributed by atoms with van der Waals surface area (Å²) in [7, 11) is 1.56. The molecule has 1 N–H and O–H groups in total. The summed E-state index contributed by atoms with van der Waals surface area (Å²) in [5.41, 5.74) is 2.25. The molecule has 130 valence electrons. The van der Waals surface area contributed by atoms with Crippen molar-refractivity contribution in [3.05, 3.63) is 48.0 Å². The van der Waals surface area contributed by atoms with Crippen LogP contribution in [0, 0.1) is 0 Å². The lowest BCUT2D eigenvalue weighted by Crippen LogP contribution is -2.12. The molecule has 1 aromatic heterocycles. The van der Waals surface area contributed by atoms with Crippen molar-refractivity contribution < 1.29 is 9.53 Å². The number of nitrogens with one attached hydrogen (secondary N) is 1. The number of aromatic nitrogens is 1. The molecule has 2 aromatic carbocycles. The molecule has 0 bridgehead atoms. The zero-order valence-corrected chi connectivity index (χ0v) is 15.9. The summed E-state index contributed by atoms with van der Waals surface area (Å²) in [6, 6.07) is 13.0. The molecular weight excluding hydrogens is 352 g/mol. The van der Waals surface area contributed by atoms with E-state index in [1.807, 2.05) is 30.3 Å². The van der Waals surface area contributed by atoms with Crippen molar-refractivity contribution in [3.63, 3.8) is 0 Å². The van der Waals surface area contributed by atoms with Crippen molar-refractivity contribution in [2.75, 3.05) is 18.2 Å². The second kappa shape index (κ2) is 8.36. The Hall–Kier alpha value is -2.05. The largest absolute Gasteiger partial charge is 0.496 e. The number of anilines is 1. The lowest BCUT2D eigenvalue weighted by molar-refractivity contribution is 0.102. The maximum Gasteiger partial charge on any atom is 0.259 e. The van der Waals surface area contributed by atoms with E-state index in [1.54, 1.807) is 42.3 Å². The first-order valence-corrected chi connectivity index (χ1v) is 9.99. The average molecular weight is 373 g/mol. The third kappa shape index (κ3) is 4.32. The molecule has 1 heterocycles. The Bertz CT molecular complexity index is 877. The molecule has 0 saturated carbocycles. The van der Waals surface area contributed by atoms with Crippen molar-refractivity contribution in [1.82, 2.24) is 4.98 Å². The summed E-state index contributed by atoms with van der Waals surface area (Å²) in [5, 5.41) is 2.94. The maximum absolute atomic E-state index is 12.5. The average Bonchev–Trinajstić information content (AvgIpc) is 3.04. The summed E-state index contributed by atoms with van der Waals surface area (Å²) >= 11 is 3.46. The summed E-state index contributed by atoms with van der Waals surface area (Å²) in [6.45, 7) is 2.19. The highest BCUT2D eigenvalue weighted by Crippen LogP contribution is 2.32. The number of hydrogen-bond acceptors (Lipinski definition) is 5. The van der Waals surface area contributed by atoms with Gasteiger partial charge in [-0.3, -0.25) is 4.79 Å². The molecule has 0 atom stereocenters. The third-order valence-electron chi connectivity index (χ3n) is 3.70. The van der Waals surface area contributed by atoms with E-state index in [9.17, 15) is 4.79 Å². The number of carbonyl (C=O) groups excluding carboxylic acids is 1. The Kier molecular flexibility index (Phi) is 5.94. The van der Waals surface area contributed by atoms with E-state index < -0.39 is 0 Å². The molecule has 0 fully saturated rings. The van der Waals surface area contributed by atoms with Crippen LogP contribution in [0.25, 0.3) is 10.2 Å². The molecule has 0 aliphatic carbocycles. The fraction of sp³-hybridized carbons (Fsp3) is 0.263. The molecule has 3 rings (SSSR count). The number of amides is 1. The SMILES string of the molecule is CCCCSc1nc2ccc(NC(=O)c3ccccc3OC)cc2s1. The van der Waals surface area contributed by atoms with E-state index in [0.29, 0.717) is 11.3 Å². The highest BCUT2D eigenvalue weighted by Gasteiger charge is 2.12. The van der Waals surface area contributed by atoms with Crippen molar-refractivity contribution >= 4 is 44.9 Å². The lowest BCUT2D eigenvalue weighted by Gasteiger charge is -2.09. The fourth-order valence-corrected chi connectivity index (χ4v) is 4.64. The predicted molar refractivity (Wildman–Crippen MR) is 106 cm³/mol. The number of unbranched alkanes of at least 4 members (excludes halogenated alkanes) is 1. The summed E-state index contributed by atoms with van der Waals surface area (Å²) in [6.07, 6.45) is 2.39. The number of hydrogen-bond donors (Lipinski definition) is 1. The minimum atomic E-state index is -0.182. The number of carbonyl (C=O) groups is 1. The minimum absolute atomic E-state index is 0.182. The van der Waals surface area contributed by atoms with Crippen LogP contribution in [-0.4, -0.2) is 23.8 Å². The first kappa shape index (κ1) is 17.8. The van der Waals surface area contributed by atoms with E-state index in [4.69, 9.17) is 4.74 Å². The van der Waals surface area contributed by atoms with Crippen LogP contribution in [-0.2, 0) is 0 Å². The quantitative estimate of drug-likeness (QED) is 0.443. The molecule has 6 heteroatoms. The van der Waals surface area contributed by atoms with Crippen molar-refractivity contribution in [1.29, 1.82) is 0 Å². The van der Waals surface area contributed by atoms with Gasteiger partial charge < -0.3 is 10.1 Å². The zero-order chi connectivity index (χ0) is 17.6. The van der Waals surface area contributed by atoms with Gasteiger partial charge in [-0.25, -0.2) is 4.98 Å². The molecule has 0 saturated heterocycles. The molecular formula is C19H20N2O2S2. The van der Waals surface area contributed by atoms with Gasteiger partial charge in [0.15, 0.2) is 4.34 Å². The van der Waals surface area contributed by atoms with Crippen LogP contribution in [0.4, 0.5) is 5.69 Å². The predicted octanol–water partition coefficient (Wildman–Crippen LogP) is 5.45. The summed E-state index contributed by atoms with van der Waals surface area (Å²) in [5.74, 6) is 1.47. The van der Waals surface area contributed by atoms with Gasteiger partial charge in [0.25, 0.3) is 5.91 Å². The van der Waals surface area contributed by atoms with Gasteiger partial charge in [-0.2, -0.15) is 0 Å². The Morgan fingerprint density at radius 1 is 1.28 bits per heavy atom. The lowest BCUT2D eigenvalue weighted by atomic mass is 10.2. The number of para-hydroxylation sites is 1. The van der Waals surface area contributed by atoms with Gasteiger partial charge in [0, 0.05) is 11.4 Å². The Morgan fingerprint density at radius 3 is 2.92 bits per heavy atom. The Balaban J connectivity index is 1.76. The first-order chi connectivity index (χ1) is 12.2. The number of benzene rings is 2. The molecule has 1 amide bonds. The van der Waals surface area contributed by atoms with Crippen LogP contribution >= 0.6 is 23.1 Å². The van der Waals surface area contributed by atoms with Crippen LogP contribution in [0.1, 0.15) is 30.1 Å².